The Morgan fingerprint density at radius 2 is 1.82 bits per heavy atom. The molecule has 10 heteroatoms. The number of para-hydroxylation sites is 1. The second-order valence-electron chi connectivity index (χ2n) is 7.56. The largest absolute Gasteiger partial charge is 0.457 e. The number of aromatic nitrogens is 2. The van der Waals surface area contributed by atoms with Crippen molar-refractivity contribution in [3.63, 3.8) is 0 Å². The highest BCUT2D eigenvalue weighted by atomic mass is 32.1. The predicted octanol–water partition coefficient (Wildman–Crippen LogP) is 4.75. The van der Waals surface area contributed by atoms with Crippen molar-refractivity contribution in [3.8, 4) is 21.9 Å². The summed E-state index contributed by atoms with van der Waals surface area (Å²) in [4.78, 5) is 27.5. The second-order valence-corrected chi connectivity index (χ2v) is 8.56. The maximum absolute atomic E-state index is 12.9. The van der Waals surface area contributed by atoms with Crippen molar-refractivity contribution in [1.29, 1.82) is 0 Å². The molecule has 0 aliphatic rings. The molecule has 0 amide bonds. The normalized spacial score (nSPS) is 12.8. The van der Waals surface area contributed by atoms with E-state index in [4.69, 9.17) is 4.74 Å². The van der Waals surface area contributed by atoms with Crippen molar-refractivity contribution in [2.24, 2.45) is 0 Å². The summed E-state index contributed by atoms with van der Waals surface area (Å²) in [6.45, 7) is 2.51. The summed E-state index contributed by atoms with van der Waals surface area (Å²) in [6, 6.07) is 14.6. The van der Waals surface area contributed by atoms with E-state index >= 15 is 0 Å². The van der Waals surface area contributed by atoms with Crippen LogP contribution in [0.2, 0.25) is 0 Å². The van der Waals surface area contributed by atoms with Gasteiger partial charge in [0.05, 0.1) is 11.9 Å². The number of alkyl halides is 3. The second kappa shape index (κ2) is 8.53. The van der Waals surface area contributed by atoms with Crippen LogP contribution >= 0.6 is 11.3 Å². The van der Waals surface area contributed by atoms with Crippen molar-refractivity contribution in [2.45, 2.75) is 32.7 Å². The van der Waals surface area contributed by atoms with Crippen LogP contribution in [-0.2, 0) is 6.54 Å². The molecule has 1 atom stereocenters. The molecule has 2 aromatic heterocycles. The van der Waals surface area contributed by atoms with Crippen LogP contribution in [0, 0.1) is 13.8 Å². The quantitative estimate of drug-likeness (QED) is 0.435. The number of nitrogens with zero attached hydrogens (tertiary/aromatic N) is 1. The van der Waals surface area contributed by atoms with Crippen molar-refractivity contribution < 1.29 is 23.0 Å². The topological polar surface area (TPSA) is 84.3 Å². The number of aliphatic hydroxyl groups is 1. The first kappa shape index (κ1) is 22.8. The molecule has 1 unspecified atom stereocenters. The zero-order valence-corrected chi connectivity index (χ0v) is 18.4. The Morgan fingerprint density at radius 3 is 2.45 bits per heavy atom. The van der Waals surface area contributed by atoms with Crippen LogP contribution in [0.4, 0.5) is 13.2 Å². The number of thiophene rings is 1. The summed E-state index contributed by atoms with van der Waals surface area (Å²) < 4.78 is 45.3. The van der Waals surface area contributed by atoms with Crippen molar-refractivity contribution in [1.82, 2.24) is 9.55 Å². The van der Waals surface area contributed by atoms with Gasteiger partial charge in [-0.25, -0.2) is 4.79 Å². The van der Waals surface area contributed by atoms with Gasteiger partial charge >= 0.3 is 11.9 Å². The molecule has 6 nitrogen and oxygen atoms in total. The predicted molar refractivity (Wildman–Crippen MR) is 120 cm³/mol. The van der Waals surface area contributed by atoms with Gasteiger partial charge in [0.15, 0.2) is 6.10 Å². The number of rotatable bonds is 5. The maximum Gasteiger partial charge on any atom is 0.416 e. The monoisotopic (exact) mass is 476 g/mol. The fourth-order valence-electron chi connectivity index (χ4n) is 3.51. The summed E-state index contributed by atoms with van der Waals surface area (Å²) in [6.07, 6.45) is -7.64. The van der Waals surface area contributed by atoms with Crippen LogP contribution in [-0.4, -0.2) is 26.9 Å². The Kier molecular flexibility index (Phi) is 5.89. The summed E-state index contributed by atoms with van der Waals surface area (Å²) in [5.74, 6) is 1.30. The fourth-order valence-corrected chi connectivity index (χ4v) is 4.82. The number of aliphatic hydroxyl groups excluding tert-OH is 1. The molecule has 2 aromatic carbocycles. The highest BCUT2D eigenvalue weighted by molar-refractivity contribution is 7.22. The standard InChI is InChI=1S/C23H19F3N2O4S/c1-12-10-14(8-9-16(12)32-15-6-4-3-5-7-15)19-13(2)18-20(30)27-22(31)28(21(18)33-19)11-17(29)23(24,25)26/h3-10,17,29H,11H2,1-2H3,(H,27,30,31). The third-order valence-corrected chi connectivity index (χ3v) is 6.57. The van der Waals surface area contributed by atoms with Gasteiger partial charge < -0.3 is 9.84 Å². The molecular weight excluding hydrogens is 457 g/mol. The molecule has 172 valence electrons. The number of hydrogen-bond donors (Lipinski definition) is 2. The van der Waals surface area contributed by atoms with Crippen LogP contribution < -0.4 is 16.0 Å². The van der Waals surface area contributed by atoms with Gasteiger partial charge in [-0.15, -0.1) is 11.3 Å². The van der Waals surface area contributed by atoms with Gasteiger partial charge in [-0.1, -0.05) is 18.2 Å². The SMILES string of the molecule is Cc1cc(-c2sc3c(c2C)c(=O)[nH]c(=O)n3CC(O)C(F)(F)F)ccc1Oc1ccccc1. The lowest BCUT2D eigenvalue weighted by Crippen LogP contribution is -2.38. The molecule has 0 bridgehead atoms. The van der Waals surface area contributed by atoms with Gasteiger partial charge in [-0.3, -0.25) is 14.3 Å². The Balaban J connectivity index is 1.79. The molecule has 0 fully saturated rings. The number of benzene rings is 2. The van der Waals surface area contributed by atoms with Gasteiger partial charge in [-0.05, 0) is 60.9 Å². The number of aryl methyl sites for hydroxylation is 2. The molecule has 2 N–H and O–H groups in total. The van der Waals surface area contributed by atoms with E-state index in [-0.39, 0.29) is 10.2 Å². The molecule has 0 aliphatic heterocycles. The molecule has 0 saturated carbocycles. The molecule has 33 heavy (non-hydrogen) atoms. The van der Waals surface area contributed by atoms with E-state index in [9.17, 15) is 27.9 Å². The van der Waals surface area contributed by atoms with E-state index in [1.165, 1.54) is 0 Å². The van der Waals surface area contributed by atoms with Crippen LogP contribution in [0.25, 0.3) is 20.7 Å². The number of H-pyrrole nitrogens is 1. The molecule has 0 saturated heterocycles. The average Bonchev–Trinajstić information content (AvgIpc) is 3.10. The zero-order chi connectivity index (χ0) is 23.9. The number of halogens is 3. The summed E-state index contributed by atoms with van der Waals surface area (Å²) >= 11 is 1.03. The van der Waals surface area contributed by atoms with Gasteiger partial charge in [0.1, 0.15) is 16.3 Å². The van der Waals surface area contributed by atoms with Gasteiger partial charge in [0.25, 0.3) is 5.56 Å². The summed E-state index contributed by atoms with van der Waals surface area (Å²) in [7, 11) is 0. The smallest absolute Gasteiger partial charge is 0.416 e. The minimum absolute atomic E-state index is 0.0711. The third-order valence-electron chi connectivity index (χ3n) is 5.21. The van der Waals surface area contributed by atoms with E-state index < -0.39 is 30.1 Å². The lowest BCUT2D eigenvalue weighted by molar-refractivity contribution is -0.207. The summed E-state index contributed by atoms with van der Waals surface area (Å²) in [5.41, 5.74) is 0.371. The van der Waals surface area contributed by atoms with Crippen molar-refractivity contribution >= 4 is 21.6 Å². The number of aromatic amines is 1. The molecular formula is C23H19F3N2O4S. The molecule has 4 aromatic rings. The molecule has 2 heterocycles. The lowest BCUT2D eigenvalue weighted by atomic mass is 10.1. The van der Waals surface area contributed by atoms with Gasteiger partial charge in [0.2, 0.25) is 0 Å². The number of hydrogen-bond acceptors (Lipinski definition) is 5. The Bertz CT molecular complexity index is 1440. The van der Waals surface area contributed by atoms with E-state index in [0.717, 1.165) is 27.0 Å². The first-order chi connectivity index (χ1) is 15.6. The first-order valence-electron chi connectivity index (χ1n) is 9.91. The van der Waals surface area contributed by atoms with E-state index in [0.29, 0.717) is 21.9 Å². The van der Waals surface area contributed by atoms with E-state index in [1.807, 2.05) is 43.3 Å². The zero-order valence-electron chi connectivity index (χ0n) is 17.6. The summed E-state index contributed by atoms with van der Waals surface area (Å²) in [5, 5.41) is 9.60. The molecule has 0 spiro atoms. The Hall–Kier alpha value is -3.37. The van der Waals surface area contributed by atoms with E-state index in [2.05, 4.69) is 4.98 Å². The first-order valence-corrected chi connectivity index (χ1v) is 10.7. The van der Waals surface area contributed by atoms with Crippen molar-refractivity contribution in [2.75, 3.05) is 0 Å². The van der Waals surface area contributed by atoms with Crippen LogP contribution in [0.1, 0.15) is 11.1 Å². The van der Waals surface area contributed by atoms with E-state index in [1.54, 1.807) is 19.1 Å². The average molecular weight is 476 g/mol. The van der Waals surface area contributed by atoms with Crippen LogP contribution in [0.5, 0.6) is 11.5 Å². The Morgan fingerprint density at radius 1 is 1.12 bits per heavy atom. The number of fused-ring (bicyclic) bond motifs is 1. The van der Waals surface area contributed by atoms with Crippen LogP contribution in [0.3, 0.4) is 0 Å². The highest BCUT2D eigenvalue weighted by Crippen LogP contribution is 2.38. The number of nitrogens with one attached hydrogen (secondary N) is 1. The minimum Gasteiger partial charge on any atom is -0.457 e. The molecule has 0 aliphatic carbocycles. The highest BCUT2D eigenvalue weighted by Gasteiger charge is 2.39. The fraction of sp³-hybridized carbons (Fsp3) is 0.217. The van der Waals surface area contributed by atoms with Crippen LogP contribution in [0.15, 0.2) is 58.1 Å². The van der Waals surface area contributed by atoms with Crippen molar-refractivity contribution in [3.05, 3.63) is 80.5 Å². The lowest BCUT2D eigenvalue weighted by Gasteiger charge is -2.15. The van der Waals surface area contributed by atoms with Gasteiger partial charge in [0, 0.05) is 4.88 Å². The van der Waals surface area contributed by atoms with Gasteiger partial charge in [-0.2, -0.15) is 13.2 Å². The molecule has 0 radical (unpaired) electrons. The Labute approximate surface area is 189 Å². The molecule has 4 rings (SSSR count). The third kappa shape index (κ3) is 4.44. The number of ether oxygens (including phenoxy) is 1. The minimum atomic E-state index is -4.90. The maximum atomic E-state index is 12.9.